The lowest BCUT2D eigenvalue weighted by Crippen LogP contribution is -2.44. The van der Waals surface area contributed by atoms with Crippen LogP contribution >= 0.6 is 15.9 Å². The van der Waals surface area contributed by atoms with E-state index in [0.717, 1.165) is 4.47 Å². The summed E-state index contributed by atoms with van der Waals surface area (Å²) in [7, 11) is 0. The van der Waals surface area contributed by atoms with Gasteiger partial charge in [-0.25, -0.2) is 4.79 Å². The molecule has 0 aromatic heterocycles. The van der Waals surface area contributed by atoms with E-state index < -0.39 is 11.9 Å². The first-order chi connectivity index (χ1) is 8.49. The molecule has 0 heterocycles. The highest BCUT2D eigenvalue weighted by Crippen LogP contribution is 2.23. The minimum Gasteiger partial charge on any atom is -0.483 e. The molecule has 0 aliphatic carbocycles. The van der Waals surface area contributed by atoms with Gasteiger partial charge in [-0.3, -0.25) is 10.1 Å². The smallest absolute Gasteiger partial charge is 0.321 e. The molecule has 0 spiro atoms. The van der Waals surface area contributed by atoms with Gasteiger partial charge in [0.05, 0.1) is 4.47 Å². The topological polar surface area (TPSA) is 67.4 Å². The molecule has 0 bridgehead atoms. The van der Waals surface area contributed by atoms with Gasteiger partial charge in [0.2, 0.25) is 0 Å². The monoisotopic (exact) mass is 314 g/mol. The second-order valence-electron chi connectivity index (χ2n) is 3.90. The van der Waals surface area contributed by atoms with Crippen molar-refractivity contribution >= 4 is 27.9 Å². The number of benzene rings is 1. The summed E-state index contributed by atoms with van der Waals surface area (Å²) in [6, 6.07) is 6.62. The number of carbonyl (C=O) groups excluding carboxylic acids is 2. The standard InChI is InChI=1S/C12H15BrN2O3/c1-8(2)14-12(17)15-11(16)7-18-10-6-4-3-5-9(10)13/h3-6,8H,7H2,1-2H3,(H2,14,15,16,17). The van der Waals surface area contributed by atoms with Crippen LogP contribution in [0.5, 0.6) is 5.75 Å². The van der Waals surface area contributed by atoms with Gasteiger partial charge in [-0.1, -0.05) is 12.1 Å². The summed E-state index contributed by atoms with van der Waals surface area (Å²) in [5.41, 5.74) is 0. The van der Waals surface area contributed by atoms with Gasteiger partial charge in [0.25, 0.3) is 5.91 Å². The SMILES string of the molecule is CC(C)NC(=O)NC(=O)COc1ccccc1Br. The van der Waals surface area contributed by atoms with Crippen LogP contribution in [0.1, 0.15) is 13.8 Å². The number of urea groups is 1. The quantitative estimate of drug-likeness (QED) is 0.894. The van der Waals surface area contributed by atoms with E-state index in [1.807, 2.05) is 19.9 Å². The third-order valence-corrected chi connectivity index (χ3v) is 2.52. The molecule has 2 N–H and O–H groups in total. The lowest BCUT2D eigenvalue weighted by Gasteiger charge is -2.10. The summed E-state index contributed by atoms with van der Waals surface area (Å²) >= 11 is 3.29. The van der Waals surface area contributed by atoms with E-state index in [9.17, 15) is 9.59 Å². The molecule has 5 nitrogen and oxygen atoms in total. The van der Waals surface area contributed by atoms with E-state index in [4.69, 9.17) is 4.74 Å². The molecule has 0 saturated heterocycles. The van der Waals surface area contributed by atoms with E-state index in [-0.39, 0.29) is 12.6 Å². The molecule has 0 aliphatic heterocycles. The number of hydrogen-bond acceptors (Lipinski definition) is 3. The molecule has 98 valence electrons. The number of halogens is 1. The van der Waals surface area contributed by atoms with Crippen molar-refractivity contribution in [2.45, 2.75) is 19.9 Å². The summed E-state index contributed by atoms with van der Waals surface area (Å²) in [4.78, 5) is 22.6. The predicted molar refractivity (Wildman–Crippen MR) is 71.4 cm³/mol. The van der Waals surface area contributed by atoms with Gasteiger partial charge in [0.1, 0.15) is 5.75 Å². The summed E-state index contributed by atoms with van der Waals surface area (Å²) in [5, 5.41) is 4.72. The van der Waals surface area contributed by atoms with Crippen LogP contribution in [-0.4, -0.2) is 24.6 Å². The van der Waals surface area contributed by atoms with E-state index in [1.165, 1.54) is 0 Å². The Hall–Kier alpha value is -1.56. The van der Waals surface area contributed by atoms with Crippen LogP contribution in [0.15, 0.2) is 28.7 Å². The van der Waals surface area contributed by atoms with Crippen LogP contribution in [-0.2, 0) is 4.79 Å². The Morgan fingerprint density at radius 1 is 1.33 bits per heavy atom. The molecular weight excluding hydrogens is 300 g/mol. The Morgan fingerprint density at radius 2 is 2.00 bits per heavy atom. The van der Waals surface area contributed by atoms with Crippen molar-refractivity contribution in [1.82, 2.24) is 10.6 Å². The average molecular weight is 315 g/mol. The largest absolute Gasteiger partial charge is 0.483 e. The zero-order chi connectivity index (χ0) is 13.5. The van der Waals surface area contributed by atoms with Crippen LogP contribution in [0.2, 0.25) is 0 Å². The van der Waals surface area contributed by atoms with Crippen LogP contribution in [0.4, 0.5) is 4.79 Å². The maximum Gasteiger partial charge on any atom is 0.321 e. The number of amides is 3. The Bertz CT molecular complexity index is 435. The van der Waals surface area contributed by atoms with E-state index in [2.05, 4.69) is 26.6 Å². The van der Waals surface area contributed by atoms with Crippen LogP contribution < -0.4 is 15.4 Å². The molecule has 3 amide bonds. The first kappa shape index (κ1) is 14.5. The third-order valence-electron chi connectivity index (χ3n) is 1.87. The van der Waals surface area contributed by atoms with Crippen LogP contribution in [0, 0.1) is 0 Å². The van der Waals surface area contributed by atoms with Gasteiger partial charge < -0.3 is 10.1 Å². The highest BCUT2D eigenvalue weighted by molar-refractivity contribution is 9.10. The fourth-order valence-electron chi connectivity index (χ4n) is 1.17. The molecule has 1 aromatic carbocycles. The number of para-hydroxylation sites is 1. The molecule has 0 atom stereocenters. The summed E-state index contributed by atoms with van der Waals surface area (Å²) in [5.74, 6) is 0.0563. The normalized spacial score (nSPS) is 10.0. The molecular formula is C12H15BrN2O3. The van der Waals surface area contributed by atoms with Gasteiger partial charge in [-0.2, -0.15) is 0 Å². The lowest BCUT2D eigenvalue weighted by atomic mass is 10.3. The zero-order valence-electron chi connectivity index (χ0n) is 10.2. The van der Waals surface area contributed by atoms with Gasteiger partial charge in [0.15, 0.2) is 6.61 Å². The number of ether oxygens (including phenoxy) is 1. The molecule has 0 aliphatic rings. The van der Waals surface area contributed by atoms with E-state index in [0.29, 0.717) is 5.75 Å². The third kappa shape index (κ3) is 5.18. The zero-order valence-corrected chi connectivity index (χ0v) is 11.8. The number of imide groups is 1. The minimum atomic E-state index is -0.522. The lowest BCUT2D eigenvalue weighted by molar-refractivity contribution is -0.122. The summed E-state index contributed by atoms with van der Waals surface area (Å²) in [6.45, 7) is 3.40. The molecule has 1 rings (SSSR count). The Labute approximate surface area is 114 Å². The average Bonchev–Trinajstić information content (AvgIpc) is 2.26. The van der Waals surface area contributed by atoms with Crippen molar-refractivity contribution in [3.63, 3.8) is 0 Å². The summed E-state index contributed by atoms with van der Waals surface area (Å²) in [6.07, 6.45) is 0. The van der Waals surface area contributed by atoms with Crippen molar-refractivity contribution in [3.05, 3.63) is 28.7 Å². The van der Waals surface area contributed by atoms with Crippen molar-refractivity contribution in [3.8, 4) is 5.75 Å². The second kappa shape index (κ2) is 7.00. The molecule has 0 saturated carbocycles. The Kier molecular flexibility index (Phi) is 5.64. The number of rotatable bonds is 4. The predicted octanol–water partition coefficient (Wildman–Crippen LogP) is 2.06. The maximum atomic E-state index is 11.4. The fraction of sp³-hybridized carbons (Fsp3) is 0.333. The molecule has 6 heteroatoms. The Balaban J connectivity index is 2.38. The van der Waals surface area contributed by atoms with Gasteiger partial charge >= 0.3 is 6.03 Å². The van der Waals surface area contributed by atoms with Crippen LogP contribution in [0.3, 0.4) is 0 Å². The molecule has 0 unspecified atom stereocenters. The maximum absolute atomic E-state index is 11.4. The fourth-order valence-corrected chi connectivity index (χ4v) is 1.57. The molecule has 18 heavy (non-hydrogen) atoms. The number of nitrogens with one attached hydrogen (secondary N) is 2. The van der Waals surface area contributed by atoms with Crippen LogP contribution in [0.25, 0.3) is 0 Å². The molecule has 0 radical (unpaired) electrons. The first-order valence-electron chi connectivity index (χ1n) is 5.46. The highest BCUT2D eigenvalue weighted by atomic mass is 79.9. The highest BCUT2D eigenvalue weighted by Gasteiger charge is 2.09. The Morgan fingerprint density at radius 3 is 2.61 bits per heavy atom. The molecule has 0 fully saturated rings. The molecule has 1 aromatic rings. The summed E-state index contributed by atoms with van der Waals surface area (Å²) < 4.78 is 6.02. The van der Waals surface area contributed by atoms with Crippen molar-refractivity contribution < 1.29 is 14.3 Å². The first-order valence-corrected chi connectivity index (χ1v) is 6.26. The van der Waals surface area contributed by atoms with Gasteiger partial charge in [0, 0.05) is 6.04 Å². The number of carbonyl (C=O) groups is 2. The van der Waals surface area contributed by atoms with Crippen molar-refractivity contribution in [1.29, 1.82) is 0 Å². The van der Waals surface area contributed by atoms with Crippen molar-refractivity contribution in [2.75, 3.05) is 6.61 Å². The second-order valence-corrected chi connectivity index (χ2v) is 4.75. The van der Waals surface area contributed by atoms with Crippen molar-refractivity contribution in [2.24, 2.45) is 0 Å². The van der Waals surface area contributed by atoms with Gasteiger partial charge in [-0.05, 0) is 41.9 Å². The van der Waals surface area contributed by atoms with E-state index >= 15 is 0 Å². The minimum absolute atomic E-state index is 0.0259. The van der Waals surface area contributed by atoms with E-state index in [1.54, 1.807) is 18.2 Å². The van der Waals surface area contributed by atoms with Gasteiger partial charge in [-0.15, -0.1) is 0 Å². The number of hydrogen-bond donors (Lipinski definition) is 2.